The molecule has 0 aliphatic carbocycles. The van der Waals surface area contributed by atoms with Crippen LogP contribution in [0, 0.1) is 5.92 Å². The van der Waals surface area contributed by atoms with Gasteiger partial charge in [-0.15, -0.1) is 23.1 Å². The number of thiophene rings is 1. The van der Waals surface area contributed by atoms with Gasteiger partial charge in [-0.1, -0.05) is 6.07 Å². The Morgan fingerprint density at radius 2 is 2.43 bits per heavy atom. The molecule has 1 aromatic rings. The molecule has 0 radical (unpaired) electrons. The second-order valence-corrected chi connectivity index (χ2v) is 6.71. The van der Waals surface area contributed by atoms with Crippen molar-refractivity contribution < 1.29 is 0 Å². The molecule has 2 aliphatic rings. The molecule has 4 heteroatoms. The molecule has 74 valence electrons. The Bertz CT molecular complexity index is 344. The third kappa shape index (κ3) is 1.53. The van der Waals surface area contributed by atoms with Crippen LogP contribution in [0.4, 0.5) is 0 Å². The fourth-order valence-electron chi connectivity index (χ4n) is 1.80. The first kappa shape index (κ1) is 9.31. The Morgan fingerprint density at radius 1 is 1.43 bits per heavy atom. The maximum atomic E-state index is 4.59. The van der Waals surface area contributed by atoms with Crippen molar-refractivity contribution in [2.45, 2.75) is 5.25 Å². The van der Waals surface area contributed by atoms with E-state index in [2.05, 4.69) is 34.3 Å². The number of hydrogen-bond acceptors (Lipinski definition) is 4. The Morgan fingerprint density at radius 3 is 3.00 bits per heavy atom. The minimum atomic E-state index is 0.708. The largest absolute Gasteiger partial charge is 0.282 e. The maximum absolute atomic E-state index is 4.59. The SMILES string of the molecule is c1csc(C2SCC2C2=NCCS2)c1. The van der Waals surface area contributed by atoms with Crippen molar-refractivity contribution in [1.82, 2.24) is 0 Å². The van der Waals surface area contributed by atoms with E-state index in [0.29, 0.717) is 5.25 Å². The number of thioether (sulfide) groups is 2. The fourth-order valence-corrected chi connectivity index (χ4v) is 5.25. The van der Waals surface area contributed by atoms with Crippen molar-refractivity contribution in [2.24, 2.45) is 10.9 Å². The number of hydrogen-bond donors (Lipinski definition) is 0. The van der Waals surface area contributed by atoms with Crippen molar-refractivity contribution >= 4 is 39.9 Å². The molecular formula is C10H11NS3. The third-order valence-electron chi connectivity index (χ3n) is 2.57. The summed E-state index contributed by atoms with van der Waals surface area (Å²) in [7, 11) is 0. The molecule has 14 heavy (non-hydrogen) atoms. The van der Waals surface area contributed by atoms with E-state index in [1.54, 1.807) is 0 Å². The lowest BCUT2D eigenvalue weighted by molar-refractivity contribution is 0.727. The highest BCUT2D eigenvalue weighted by atomic mass is 32.2. The summed E-state index contributed by atoms with van der Waals surface area (Å²) in [6, 6.07) is 4.41. The topological polar surface area (TPSA) is 12.4 Å². The molecule has 0 saturated carbocycles. The van der Waals surface area contributed by atoms with Gasteiger partial charge in [0.2, 0.25) is 0 Å². The predicted octanol–water partition coefficient (Wildman–Crippen LogP) is 3.30. The molecule has 3 heterocycles. The van der Waals surface area contributed by atoms with Gasteiger partial charge in [0.25, 0.3) is 0 Å². The van der Waals surface area contributed by atoms with Gasteiger partial charge < -0.3 is 0 Å². The van der Waals surface area contributed by atoms with Crippen LogP contribution in [-0.2, 0) is 0 Å². The summed E-state index contributed by atoms with van der Waals surface area (Å²) >= 11 is 5.93. The Hall–Kier alpha value is 0.0700. The second kappa shape index (κ2) is 3.91. The number of aliphatic imine (C=N–C) groups is 1. The van der Waals surface area contributed by atoms with Crippen molar-refractivity contribution in [1.29, 1.82) is 0 Å². The van der Waals surface area contributed by atoms with Crippen LogP contribution in [0.15, 0.2) is 22.5 Å². The van der Waals surface area contributed by atoms with Crippen molar-refractivity contribution in [3.63, 3.8) is 0 Å². The van der Waals surface area contributed by atoms with E-state index in [4.69, 9.17) is 0 Å². The maximum Gasteiger partial charge on any atom is 0.0731 e. The Kier molecular flexibility index (Phi) is 2.60. The molecule has 3 rings (SSSR count). The molecule has 1 nitrogen and oxygen atoms in total. The predicted molar refractivity (Wildman–Crippen MR) is 67.8 cm³/mol. The monoisotopic (exact) mass is 241 g/mol. The first-order valence-electron chi connectivity index (χ1n) is 4.77. The minimum absolute atomic E-state index is 0.708. The summed E-state index contributed by atoms with van der Waals surface area (Å²) in [5, 5.41) is 4.30. The van der Waals surface area contributed by atoms with Crippen LogP contribution in [0.3, 0.4) is 0 Å². The molecule has 2 atom stereocenters. The highest BCUT2D eigenvalue weighted by Crippen LogP contribution is 2.51. The zero-order valence-corrected chi connectivity index (χ0v) is 10.1. The summed E-state index contributed by atoms with van der Waals surface area (Å²) in [5.74, 6) is 3.20. The molecule has 2 aliphatic heterocycles. The average molecular weight is 241 g/mol. The zero-order chi connectivity index (χ0) is 9.38. The molecule has 2 unspecified atom stereocenters. The standard InChI is InChI=1S/C10H11NS3/c1-2-8(12-4-1)9-7(6-14-9)10-11-3-5-13-10/h1-2,4,7,9H,3,5-6H2. The lowest BCUT2D eigenvalue weighted by Crippen LogP contribution is -2.28. The van der Waals surface area contributed by atoms with Crippen LogP contribution < -0.4 is 0 Å². The normalized spacial score (nSPS) is 31.3. The summed E-state index contributed by atoms with van der Waals surface area (Å²) in [6.45, 7) is 1.04. The molecular weight excluding hydrogens is 230 g/mol. The van der Waals surface area contributed by atoms with Gasteiger partial charge >= 0.3 is 0 Å². The smallest absolute Gasteiger partial charge is 0.0731 e. The van der Waals surface area contributed by atoms with E-state index in [1.165, 1.54) is 21.4 Å². The van der Waals surface area contributed by atoms with Gasteiger partial charge in [0, 0.05) is 34.1 Å². The lowest BCUT2D eigenvalue weighted by atomic mass is 10.1. The average Bonchev–Trinajstić information content (AvgIpc) is 2.73. The van der Waals surface area contributed by atoms with Crippen LogP contribution in [-0.4, -0.2) is 23.1 Å². The van der Waals surface area contributed by atoms with Gasteiger partial charge in [0.1, 0.15) is 0 Å². The van der Waals surface area contributed by atoms with Crippen molar-refractivity contribution in [3.05, 3.63) is 22.4 Å². The third-order valence-corrected chi connectivity index (χ3v) is 6.28. The fraction of sp³-hybridized carbons (Fsp3) is 0.500. The Labute approximate surface area is 96.4 Å². The zero-order valence-electron chi connectivity index (χ0n) is 7.68. The number of nitrogens with zero attached hydrogens (tertiary/aromatic N) is 1. The first-order chi connectivity index (χ1) is 6.95. The van der Waals surface area contributed by atoms with Crippen LogP contribution in [0.25, 0.3) is 0 Å². The molecule has 1 saturated heterocycles. The van der Waals surface area contributed by atoms with Crippen LogP contribution in [0.5, 0.6) is 0 Å². The highest BCUT2D eigenvalue weighted by molar-refractivity contribution is 8.14. The summed E-state index contributed by atoms with van der Waals surface area (Å²) < 4.78 is 0. The summed E-state index contributed by atoms with van der Waals surface area (Å²) in [4.78, 5) is 6.12. The van der Waals surface area contributed by atoms with E-state index in [-0.39, 0.29) is 0 Å². The molecule has 0 aromatic carbocycles. The molecule has 1 aromatic heterocycles. The van der Waals surface area contributed by atoms with Gasteiger partial charge in [-0.2, -0.15) is 11.8 Å². The van der Waals surface area contributed by atoms with E-state index >= 15 is 0 Å². The van der Waals surface area contributed by atoms with E-state index < -0.39 is 0 Å². The quantitative estimate of drug-likeness (QED) is 0.787. The van der Waals surface area contributed by atoms with Crippen LogP contribution in [0.1, 0.15) is 10.1 Å². The lowest BCUT2D eigenvalue weighted by Gasteiger charge is -2.35. The summed E-state index contributed by atoms with van der Waals surface area (Å²) in [5.41, 5.74) is 0. The van der Waals surface area contributed by atoms with E-state index in [0.717, 1.165) is 12.5 Å². The molecule has 1 fully saturated rings. The van der Waals surface area contributed by atoms with Crippen molar-refractivity contribution in [2.75, 3.05) is 18.1 Å². The molecule has 0 amide bonds. The number of rotatable bonds is 2. The molecule has 0 bridgehead atoms. The van der Waals surface area contributed by atoms with Crippen LogP contribution >= 0.6 is 34.9 Å². The minimum Gasteiger partial charge on any atom is -0.282 e. The van der Waals surface area contributed by atoms with Gasteiger partial charge in [0.15, 0.2) is 0 Å². The van der Waals surface area contributed by atoms with E-state index in [9.17, 15) is 0 Å². The first-order valence-corrected chi connectivity index (χ1v) is 7.69. The van der Waals surface area contributed by atoms with Gasteiger partial charge in [-0.25, -0.2) is 0 Å². The Balaban J connectivity index is 1.77. The van der Waals surface area contributed by atoms with Gasteiger partial charge in [-0.05, 0) is 11.4 Å². The summed E-state index contributed by atoms with van der Waals surface area (Å²) in [6.07, 6.45) is 0. The van der Waals surface area contributed by atoms with Crippen LogP contribution in [0.2, 0.25) is 0 Å². The molecule has 0 N–H and O–H groups in total. The van der Waals surface area contributed by atoms with Gasteiger partial charge in [0.05, 0.1) is 5.04 Å². The van der Waals surface area contributed by atoms with E-state index in [1.807, 2.05) is 23.1 Å². The second-order valence-electron chi connectivity index (χ2n) is 3.44. The van der Waals surface area contributed by atoms with Crippen molar-refractivity contribution in [3.8, 4) is 0 Å². The molecule has 0 spiro atoms. The highest BCUT2D eigenvalue weighted by Gasteiger charge is 2.38. The van der Waals surface area contributed by atoms with Gasteiger partial charge in [-0.3, -0.25) is 4.99 Å².